The lowest BCUT2D eigenvalue weighted by Crippen LogP contribution is -2.34. The zero-order chi connectivity index (χ0) is 21.0. The zero-order valence-electron chi connectivity index (χ0n) is 17.2. The summed E-state index contributed by atoms with van der Waals surface area (Å²) in [4.78, 5) is 19.8. The van der Waals surface area contributed by atoms with Crippen LogP contribution in [0.5, 0.6) is 0 Å². The van der Waals surface area contributed by atoms with E-state index in [4.69, 9.17) is 16.6 Å². The van der Waals surface area contributed by atoms with Crippen LogP contribution in [0.25, 0.3) is 11.0 Å². The summed E-state index contributed by atoms with van der Waals surface area (Å²) in [6.45, 7) is 8.12. The van der Waals surface area contributed by atoms with Crippen molar-refractivity contribution in [1.29, 1.82) is 0 Å². The normalized spacial score (nSPS) is 11.4. The van der Waals surface area contributed by atoms with E-state index in [2.05, 4.69) is 31.4 Å². The van der Waals surface area contributed by atoms with E-state index in [1.54, 1.807) is 4.90 Å². The summed E-state index contributed by atoms with van der Waals surface area (Å²) >= 11 is 5.90. The zero-order valence-corrected chi connectivity index (χ0v) is 17.9. The molecule has 1 amide bonds. The van der Waals surface area contributed by atoms with Crippen molar-refractivity contribution in [3.63, 3.8) is 0 Å². The van der Waals surface area contributed by atoms with E-state index in [0.717, 1.165) is 36.2 Å². The Morgan fingerprint density at radius 2 is 2.00 bits per heavy atom. The number of carbonyl (C=O) groups excluding carboxylic acids is 1. The average Bonchev–Trinajstić information content (AvgIpc) is 3.04. The molecule has 0 fully saturated rings. The Morgan fingerprint density at radius 3 is 2.69 bits per heavy atom. The van der Waals surface area contributed by atoms with Gasteiger partial charge in [0.1, 0.15) is 11.6 Å². The minimum atomic E-state index is -0.528. The molecule has 4 nitrogen and oxygen atoms in total. The summed E-state index contributed by atoms with van der Waals surface area (Å²) in [5.74, 6) is 0.444. The van der Waals surface area contributed by atoms with Gasteiger partial charge in [0.15, 0.2) is 0 Å². The number of hydrogen-bond acceptors (Lipinski definition) is 2. The molecule has 0 saturated carbocycles. The quantitative estimate of drug-likeness (QED) is 0.457. The highest BCUT2D eigenvalue weighted by Gasteiger charge is 2.21. The predicted molar refractivity (Wildman–Crippen MR) is 116 cm³/mol. The molecule has 0 aliphatic rings. The highest BCUT2D eigenvalue weighted by molar-refractivity contribution is 6.31. The molecule has 0 saturated heterocycles. The number of carbonyl (C=O) groups is 1. The molecule has 0 atom stereocenters. The van der Waals surface area contributed by atoms with Crippen LogP contribution in [0.15, 0.2) is 42.5 Å². The second kappa shape index (κ2) is 9.40. The van der Waals surface area contributed by atoms with Crippen molar-refractivity contribution in [3.05, 3.63) is 64.7 Å². The van der Waals surface area contributed by atoms with E-state index in [1.807, 2.05) is 18.2 Å². The Labute approximate surface area is 176 Å². The number of nitrogens with zero attached hydrogens (tertiary/aromatic N) is 3. The standard InChI is InChI=1S/C23H27ClFN3O/c1-4-5-12-28-21-9-7-6-8-20(21)26-22(28)15-27(14-16(2)3)23(29)17-10-11-19(25)18(24)13-17/h6-11,13,16H,4-5,12,14-15H2,1-3H3. The highest BCUT2D eigenvalue weighted by atomic mass is 35.5. The Kier molecular flexibility index (Phi) is 6.91. The molecule has 3 aromatic rings. The molecule has 154 valence electrons. The predicted octanol–water partition coefficient (Wildman–Crippen LogP) is 5.93. The maximum Gasteiger partial charge on any atom is 0.254 e. The topological polar surface area (TPSA) is 38.1 Å². The molecule has 6 heteroatoms. The second-order valence-corrected chi connectivity index (χ2v) is 8.14. The Balaban J connectivity index is 1.96. The van der Waals surface area contributed by atoms with Crippen LogP contribution in [0, 0.1) is 11.7 Å². The molecule has 1 heterocycles. The average molecular weight is 416 g/mol. The maximum absolute atomic E-state index is 13.5. The first kappa shape index (κ1) is 21.3. The van der Waals surface area contributed by atoms with Gasteiger partial charge in [0.2, 0.25) is 0 Å². The minimum Gasteiger partial charge on any atom is -0.331 e. The lowest BCUT2D eigenvalue weighted by Gasteiger charge is -2.25. The van der Waals surface area contributed by atoms with E-state index >= 15 is 0 Å². The van der Waals surface area contributed by atoms with Gasteiger partial charge in [-0.3, -0.25) is 4.79 Å². The van der Waals surface area contributed by atoms with Crippen LogP contribution in [-0.4, -0.2) is 26.9 Å². The van der Waals surface area contributed by atoms with Crippen molar-refractivity contribution >= 4 is 28.5 Å². The molecular formula is C23H27ClFN3O. The first-order valence-electron chi connectivity index (χ1n) is 10.1. The van der Waals surface area contributed by atoms with E-state index in [0.29, 0.717) is 18.7 Å². The molecule has 0 bridgehead atoms. The number of benzene rings is 2. The lowest BCUT2D eigenvalue weighted by atomic mass is 10.1. The van der Waals surface area contributed by atoms with Crippen molar-refractivity contribution in [2.45, 2.75) is 46.7 Å². The van der Waals surface area contributed by atoms with Crippen LogP contribution in [0.1, 0.15) is 49.8 Å². The van der Waals surface area contributed by atoms with Crippen molar-refractivity contribution in [1.82, 2.24) is 14.5 Å². The van der Waals surface area contributed by atoms with Crippen molar-refractivity contribution in [2.24, 2.45) is 5.92 Å². The Hall–Kier alpha value is -2.40. The van der Waals surface area contributed by atoms with Gasteiger partial charge in [-0.05, 0) is 42.7 Å². The summed E-state index contributed by atoms with van der Waals surface area (Å²) < 4.78 is 15.7. The van der Waals surface area contributed by atoms with Gasteiger partial charge in [0, 0.05) is 18.7 Å². The van der Waals surface area contributed by atoms with Crippen molar-refractivity contribution in [2.75, 3.05) is 6.54 Å². The van der Waals surface area contributed by atoms with Crippen LogP contribution in [0.3, 0.4) is 0 Å². The van der Waals surface area contributed by atoms with Gasteiger partial charge in [-0.2, -0.15) is 0 Å². The fraction of sp³-hybridized carbons (Fsp3) is 0.391. The number of aromatic nitrogens is 2. The third kappa shape index (κ3) is 4.96. The minimum absolute atomic E-state index is 0.0458. The molecule has 29 heavy (non-hydrogen) atoms. The van der Waals surface area contributed by atoms with Crippen LogP contribution in [-0.2, 0) is 13.1 Å². The molecule has 0 spiro atoms. The third-order valence-electron chi connectivity index (χ3n) is 4.84. The molecule has 0 aliphatic heterocycles. The van der Waals surface area contributed by atoms with Gasteiger partial charge in [0.25, 0.3) is 5.91 Å². The van der Waals surface area contributed by atoms with Gasteiger partial charge in [0.05, 0.1) is 22.6 Å². The molecule has 2 aromatic carbocycles. The number of hydrogen-bond donors (Lipinski definition) is 0. The van der Waals surface area contributed by atoms with Crippen molar-refractivity contribution < 1.29 is 9.18 Å². The van der Waals surface area contributed by atoms with E-state index in [1.165, 1.54) is 18.2 Å². The van der Waals surface area contributed by atoms with Crippen LogP contribution in [0.4, 0.5) is 4.39 Å². The third-order valence-corrected chi connectivity index (χ3v) is 5.13. The number of rotatable bonds is 8. The molecule has 0 aliphatic carbocycles. The molecule has 0 unspecified atom stereocenters. The van der Waals surface area contributed by atoms with Crippen LogP contribution >= 0.6 is 11.6 Å². The largest absolute Gasteiger partial charge is 0.331 e. The number of fused-ring (bicyclic) bond motifs is 1. The highest BCUT2D eigenvalue weighted by Crippen LogP contribution is 2.21. The first-order chi connectivity index (χ1) is 13.9. The number of para-hydroxylation sites is 2. The van der Waals surface area contributed by atoms with Crippen molar-refractivity contribution in [3.8, 4) is 0 Å². The van der Waals surface area contributed by atoms with E-state index in [9.17, 15) is 9.18 Å². The number of imidazole rings is 1. The lowest BCUT2D eigenvalue weighted by molar-refractivity contribution is 0.0716. The fourth-order valence-electron chi connectivity index (χ4n) is 3.45. The summed E-state index contributed by atoms with van der Waals surface area (Å²) in [6.07, 6.45) is 2.12. The smallest absolute Gasteiger partial charge is 0.254 e. The first-order valence-corrected chi connectivity index (χ1v) is 10.5. The Morgan fingerprint density at radius 1 is 1.24 bits per heavy atom. The SMILES string of the molecule is CCCCn1c(CN(CC(C)C)C(=O)c2ccc(F)c(Cl)c2)nc2ccccc21. The number of halogens is 2. The van der Waals surface area contributed by atoms with Crippen LogP contribution in [0.2, 0.25) is 5.02 Å². The van der Waals surface area contributed by atoms with Gasteiger partial charge >= 0.3 is 0 Å². The number of amides is 1. The van der Waals surface area contributed by atoms with Gasteiger partial charge in [-0.15, -0.1) is 0 Å². The van der Waals surface area contributed by atoms with Gasteiger partial charge < -0.3 is 9.47 Å². The van der Waals surface area contributed by atoms with Crippen LogP contribution < -0.4 is 0 Å². The van der Waals surface area contributed by atoms with Gasteiger partial charge in [-0.1, -0.05) is 50.9 Å². The molecular weight excluding hydrogens is 389 g/mol. The van der Waals surface area contributed by atoms with E-state index in [-0.39, 0.29) is 16.8 Å². The summed E-state index contributed by atoms with van der Waals surface area (Å²) in [5.41, 5.74) is 2.39. The monoisotopic (exact) mass is 415 g/mol. The van der Waals surface area contributed by atoms with Gasteiger partial charge in [-0.25, -0.2) is 9.37 Å². The summed E-state index contributed by atoms with van der Waals surface area (Å²) in [7, 11) is 0. The summed E-state index contributed by atoms with van der Waals surface area (Å²) in [6, 6.07) is 12.2. The number of unbranched alkanes of at least 4 members (excludes halogenated alkanes) is 1. The number of aryl methyl sites for hydroxylation is 1. The second-order valence-electron chi connectivity index (χ2n) is 7.73. The Bertz CT molecular complexity index is 999. The molecule has 3 rings (SSSR count). The molecule has 1 aromatic heterocycles. The molecule has 0 radical (unpaired) electrons. The maximum atomic E-state index is 13.5. The summed E-state index contributed by atoms with van der Waals surface area (Å²) in [5, 5.41) is -0.0458. The van der Waals surface area contributed by atoms with E-state index < -0.39 is 5.82 Å². The fourth-order valence-corrected chi connectivity index (χ4v) is 3.63. The molecule has 0 N–H and O–H groups in total.